The summed E-state index contributed by atoms with van der Waals surface area (Å²) < 4.78 is 153. The Kier molecular flexibility index (Phi) is 19.0. The van der Waals surface area contributed by atoms with Gasteiger partial charge in [0.1, 0.15) is 0 Å². The third-order valence-corrected chi connectivity index (χ3v) is 13.1. The quantitative estimate of drug-likeness (QED) is 0.0679. The van der Waals surface area contributed by atoms with E-state index in [0.717, 1.165) is 77.0 Å². The van der Waals surface area contributed by atoms with Crippen molar-refractivity contribution < 1.29 is 51.6 Å². The summed E-state index contributed by atoms with van der Waals surface area (Å²) in [6.45, 7) is 6.02. The Morgan fingerprint density at radius 1 is 0.452 bits per heavy atom. The van der Waals surface area contributed by atoms with Crippen molar-refractivity contribution >= 4 is 20.4 Å². The summed E-state index contributed by atoms with van der Waals surface area (Å²) in [4.78, 5) is 0. The molecule has 0 aromatic heterocycles. The monoisotopic (exact) mass is 670 g/mol. The average molecular weight is 671 g/mol. The van der Waals surface area contributed by atoms with Crippen LogP contribution in [0.2, 0.25) is 0 Å². The molecule has 256 valence electrons. The van der Waals surface area contributed by atoms with Gasteiger partial charge in [-0.05, 0) is 19.3 Å². The van der Waals surface area contributed by atoms with E-state index in [0.29, 0.717) is 38.5 Å². The van der Waals surface area contributed by atoms with Crippen molar-refractivity contribution in [3.05, 3.63) is 0 Å². The SMILES string of the molecule is CCCCCCCCS(CCCCCCCC)(CCCCCCCC)OS(=O)(=O)C(F)(F)C(F)(F)C(F)(F)C(F)(F)F. The zero-order valence-corrected chi connectivity index (χ0v) is 26.9. The lowest BCUT2D eigenvalue weighted by atomic mass is 10.1. The maximum Gasteiger partial charge on any atom is 0.460 e. The molecule has 0 saturated heterocycles. The molecule has 0 N–H and O–H groups in total. The molecule has 0 bridgehead atoms. The fraction of sp³-hybridized carbons (Fsp3) is 1.00. The van der Waals surface area contributed by atoms with Gasteiger partial charge in [-0.15, -0.1) is 10.3 Å². The molecule has 0 saturated carbocycles. The Balaban J connectivity index is 6.24. The summed E-state index contributed by atoms with van der Waals surface area (Å²) in [5.74, 6) is -14.7. The van der Waals surface area contributed by atoms with Gasteiger partial charge in [-0.25, -0.2) is 3.63 Å². The van der Waals surface area contributed by atoms with E-state index in [1.165, 1.54) is 0 Å². The van der Waals surface area contributed by atoms with Crippen molar-refractivity contribution in [1.29, 1.82) is 0 Å². The standard InChI is InChI=1S/C28H51F9O3S2/c1-4-7-10-13-16-19-22-41(23-20-17-14-11-8-5-2,24-21-18-15-12-9-6-3)40-42(38,39)28(36,37)26(31,32)25(29,30)27(33,34)35/h4-24H2,1-3H3. The molecule has 3 nitrogen and oxygen atoms in total. The summed E-state index contributed by atoms with van der Waals surface area (Å²) in [5, 5.41) is -6.82. The Hall–Kier alpha value is -0.370. The van der Waals surface area contributed by atoms with Gasteiger partial charge < -0.3 is 0 Å². The highest BCUT2D eigenvalue weighted by molar-refractivity contribution is 8.33. The van der Waals surface area contributed by atoms with E-state index in [1.54, 1.807) is 0 Å². The highest BCUT2D eigenvalue weighted by Crippen LogP contribution is 2.60. The minimum Gasteiger partial charge on any atom is -0.215 e. The number of alkyl halides is 9. The maximum absolute atomic E-state index is 14.7. The van der Waals surface area contributed by atoms with Gasteiger partial charge in [-0.1, -0.05) is 117 Å². The lowest BCUT2D eigenvalue weighted by Crippen LogP contribution is -2.63. The Bertz CT molecular complexity index is 779. The minimum atomic E-state index is -7.31. The van der Waals surface area contributed by atoms with E-state index >= 15 is 0 Å². The second kappa shape index (κ2) is 19.2. The van der Waals surface area contributed by atoms with Crippen LogP contribution in [0.3, 0.4) is 0 Å². The highest BCUT2D eigenvalue weighted by atomic mass is 32.3. The summed E-state index contributed by atoms with van der Waals surface area (Å²) >= 11 is 0. The molecule has 0 aromatic carbocycles. The first kappa shape index (κ1) is 41.6. The van der Waals surface area contributed by atoms with Gasteiger partial charge in [-0.3, -0.25) is 0 Å². The van der Waals surface area contributed by atoms with Gasteiger partial charge >= 0.3 is 33.4 Å². The maximum atomic E-state index is 14.7. The van der Waals surface area contributed by atoms with E-state index < -0.39 is 43.7 Å². The van der Waals surface area contributed by atoms with Gasteiger partial charge in [0.05, 0.1) is 0 Å². The predicted molar refractivity (Wildman–Crippen MR) is 153 cm³/mol. The van der Waals surface area contributed by atoms with Gasteiger partial charge in [0.25, 0.3) is 0 Å². The van der Waals surface area contributed by atoms with Crippen molar-refractivity contribution in [3.63, 3.8) is 0 Å². The van der Waals surface area contributed by atoms with Crippen LogP contribution in [-0.2, 0) is 13.7 Å². The van der Waals surface area contributed by atoms with Crippen LogP contribution in [0.4, 0.5) is 39.5 Å². The van der Waals surface area contributed by atoms with Crippen LogP contribution in [0.25, 0.3) is 0 Å². The fourth-order valence-corrected chi connectivity index (χ4v) is 10.5. The molecule has 0 atom stereocenters. The highest BCUT2D eigenvalue weighted by Gasteiger charge is 2.86. The summed E-state index contributed by atoms with van der Waals surface area (Å²) in [7, 11) is -9.98. The minimum absolute atomic E-state index is 0.0421. The third kappa shape index (κ3) is 12.6. The average Bonchev–Trinajstić information content (AvgIpc) is 2.89. The molecule has 0 aromatic rings. The largest absolute Gasteiger partial charge is 0.460 e. The van der Waals surface area contributed by atoms with Crippen molar-refractivity contribution in [2.45, 2.75) is 160 Å². The summed E-state index contributed by atoms with van der Waals surface area (Å²) in [6.07, 6.45) is 6.29. The number of unbranched alkanes of at least 4 members (excludes halogenated alkanes) is 15. The molecule has 0 aliphatic carbocycles. The van der Waals surface area contributed by atoms with E-state index in [9.17, 15) is 47.9 Å². The van der Waals surface area contributed by atoms with Gasteiger partial charge in [0.15, 0.2) is 0 Å². The van der Waals surface area contributed by atoms with E-state index in [1.807, 2.05) is 20.8 Å². The molecule has 0 heterocycles. The molecule has 0 spiro atoms. The van der Waals surface area contributed by atoms with Gasteiger partial charge in [0, 0.05) is 17.3 Å². The molecule has 0 fully saturated rings. The van der Waals surface area contributed by atoms with Crippen molar-refractivity contribution in [2.24, 2.45) is 0 Å². The molecule has 14 heteroatoms. The van der Waals surface area contributed by atoms with Crippen molar-refractivity contribution in [2.75, 3.05) is 17.3 Å². The fourth-order valence-electron chi connectivity index (χ4n) is 4.60. The van der Waals surface area contributed by atoms with Crippen LogP contribution in [0.5, 0.6) is 0 Å². The normalized spacial score (nSPS) is 14.5. The van der Waals surface area contributed by atoms with E-state index in [2.05, 4.69) is 0 Å². The van der Waals surface area contributed by atoms with Crippen LogP contribution in [0.15, 0.2) is 0 Å². The van der Waals surface area contributed by atoms with Crippen LogP contribution in [0.1, 0.15) is 136 Å². The third-order valence-electron chi connectivity index (χ3n) is 7.27. The second-order valence-electron chi connectivity index (χ2n) is 11.1. The van der Waals surface area contributed by atoms with Crippen LogP contribution in [0, 0.1) is 0 Å². The predicted octanol–water partition coefficient (Wildman–Crippen LogP) is 11.6. The van der Waals surface area contributed by atoms with Crippen LogP contribution < -0.4 is 0 Å². The number of rotatable bonds is 26. The summed E-state index contributed by atoms with van der Waals surface area (Å²) in [5.41, 5.74) is 0. The first-order valence-corrected chi connectivity index (χ1v) is 18.8. The van der Waals surface area contributed by atoms with Gasteiger partial charge in [-0.2, -0.15) is 47.9 Å². The number of hydrogen-bond donors (Lipinski definition) is 0. The van der Waals surface area contributed by atoms with Gasteiger partial charge in [0.2, 0.25) is 0 Å². The van der Waals surface area contributed by atoms with E-state index in [-0.39, 0.29) is 17.3 Å². The topological polar surface area (TPSA) is 43.4 Å². The zero-order valence-electron chi connectivity index (χ0n) is 25.3. The molecular formula is C28H51F9O3S2. The number of halogens is 9. The van der Waals surface area contributed by atoms with E-state index in [4.69, 9.17) is 3.63 Å². The molecule has 0 aliphatic heterocycles. The zero-order chi connectivity index (χ0) is 32.6. The van der Waals surface area contributed by atoms with Crippen molar-refractivity contribution in [1.82, 2.24) is 0 Å². The summed E-state index contributed by atoms with van der Waals surface area (Å²) in [6, 6.07) is 0. The molecule has 0 amide bonds. The molecule has 0 radical (unpaired) electrons. The second-order valence-corrected chi connectivity index (χ2v) is 16.2. The Labute approximate surface area is 248 Å². The first-order chi connectivity index (χ1) is 19.4. The first-order valence-electron chi connectivity index (χ1n) is 15.3. The Morgan fingerprint density at radius 2 is 0.738 bits per heavy atom. The van der Waals surface area contributed by atoms with Crippen molar-refractivity contribution in [3.8, 4) is 0 Å². The molecule has 0 aliphatic rings. The molecular weight excluding hydrogens is 619 g/mol. The number of hydrogen-bond acceptors (Lipinski definition) is 3. The molecule has 42 heavy (non-hydrogen) atoms. The molecule has 0 rings (SSSR count). The smallest absolute Gasteiger partial charge is 0.215 e. The lowest BCUT2D eigenvalue weighted by Gasteiger charge is -2.41. The van der Waals surface area contributed by atoms with Crippen LogP contribution in [-0.4, -0.2) is 49.0 Å². The Morgan fingerprint density at radius 3 is 1.02 bits per heavy atom. The molecule has 0 unspecified atom stereocenters. The lowest BCUT2D eigenvalue weighted by molar-refractivity contribution is -0.382. The van der Waals surface area contributed by atoms with Crippen LogP contribution >= 0.6 is 10.3 Å².